The minimum absolute atomic E-state index is 0.665. The van der Waals surface area contributed by atoms with Crippen LogP contribution in [0.25, 0.3) is 0 Å². The highest BCUT2D eigenvalue weighted by Gasteiger charge is 1.96. The number of hydrogen-bond acceptors (Lipinski definition) is 2. The van der Waals surface area contributed by atoms with Gasteiger partial charge in [-0.05, 0) is 6.42 Å². The van der Waals surface area contributed by atoms with Crippen molar-refractivity contribution in [3.63, 3.8) is 0 Å². The topological polar surface area (TPSA) is 34.9 Å². The van der Waals surface area contributed by atoms with Crippen LogP contribution in [-0.4, -0.2) is 16.1 Å². The molecular weight excluding hydrogens is 176 g/mol. The number of nitrogens with zero attached hydrogens (tertiary/aromatic N) is 2. The summed E-state index contributed by atoms with van der Waals surface area (Å²) in [5, 5.41) is 4.09. The van der Waals surface area contributed by atoms with E-state index in [0.29, 0.717) is 5.56 Å². The van der Waals surface area contributed by atoms with Crippen LogP contribution in [0.15, 0.2) is 12.4 Å². The summed E-state index contributed by atoms with van der Waals surface area (Å²) < 4.78 is 1.84. The molecule has 0 aliphatic heterocycles. The van der Waals surface area contributed by atoms with Gasteiger partial charge in [-0.2, -0.15) is 5.10 Å². The van der Waals surface area contributed by atoms with Crippen molar-refractivity contribution in [2.45, 2.75) is 45.6 Å². The van der Waals surface area contributed by atoms with Crippen molar-refractivity contribution in [1.29, 1.82) is 0 Å². The van der Waals surface area contributed by atoms with Gasteiger partial charge in [-0.1, -0.05) is 32.6 Å². The van der Waals surface area contributed by atoms with Crippen molar-refractivity contribution in [1.82, 2.24) is 9.78 Å². The van der Waals surface area contributed by atoms with Crippen molar-refractivity contribution >= 4 is 6.29 Å². The smallest absolute Gasteiger partial charge is 0.153 e. The van der Waals surface area contributed by atoms with Gasteiger partial charge in [0, 0.05) is 12.7 Å². The highest BCUT2D eigenvalue weighted by Crippen LogP contribution is 2.04. The van der Waals surface area contributed by atoms with E-state index >= 15 is 0 Å². The zero-order valence-corrected chi connectivity index (χ0v) is 8.78. The van der Waals surface area contributed by atoms with Crippen LogP contribution in [0.4, 0.5) is 0 Å². The van der Waals surface area contributed by atoms with Gasteiger partial charge in [0.05, 0.1) is 11.8 Å². The number of rotatable bonds is 7. The highest BCUT2D eigenvalue weighted by atomic mass is 16.1. The van der Waals surface area contributed by atoms with E-state index in [1.165, 1.54) is 25.7 Å². The lowest BCUT2D eigenvalue weighted by atomic mass is 10.1. The second-order valence-corrected chi connectivity index (χ2v) is 3.57. The maximum absolute atomic E-state index is 10.4. The van der Waals surface area contributed by atoms with E-state index < -0.39 is 0 Å². The number of aldehydes is 1. The molecule has 0 saturated carbocycles. The van der Waals surface area contributed by atoms with Gasteiger partial charge in [0.2, 0.25) is 0 Å². The minimum atomic E-state index is 0.665. The summed E-state index contributed by atoms with van der Waals surface area (Å²) in [6.07, 6.45) is 10.5. The molecule has 0 saturated heterocycles. The predicted molar refractivity (Wildman–Crippen MR) is 56.4 cm³/mol. The zero-order valence-electron chi connectivity index (χ0n) is 8.78. The fourth-order valence-electron chi connectivity index (χ4n) is 1.44. The minimum Gasteiger partial charge on any atom is -0.298 e. The number of carbonyl (C=O) groups is 1. The molecule has 0 aliphatic rings. The van der Waals surface area contributed by atoms with Gasteiger partial charge in [0.15, 0.2) is 6.29 Å². The molecule has 1 rings (SSSR count). The van der Waals surface area contributed by atoms with E-state index in [9.17, 15) is 4.79 Å². The molecule has 0 spiro atoms. The number of carbonyl (C=O) groups excluding carboxylic acids is 1. The summed E-state index contributed by atoms with van der Waals surface area (Å²) in [5.74, 6) is 0. The van der Waals surface area contributed by atoms with Gasteiger partial charge in [0.25, 0.3) is 0 Å². The molecule has 0 aromatic carbocycles. The highest BCUT2D eigenvalue weighted by molar-refractivity contribution is 5.73. The molecule has 0 amide bonds. The summed E-state index contributed by atoms with van der Waals surface area (Å²) in [5.41, 5.74) is 0.665. The number of aryl methyl sites for hydroxylation is 1. The van der Waals surface area contributed by atoms with Gasteiger partial charge in [0.1, 0.15) is 0 Å². The average molecular weight is 194 g/mol. The predicted octanol–water partition coefficient (Wildman–Crippen LogP) is 2.67. The monoisotopic (exact) mass is 194 g/mol. The van der Waals surface area contributed by atoms with Crippen LogP contribution < -0.4 is 0 Å². The molecule has 3 nitrogen and oxygen atoms in total. The van der Waals surface area contributed by atoms with Crippen LogP contribution in [-0.2, 0) is 6.54 Å². The molecule has 0 atom stereocenters. The Balaban J connectivity index is 2.14. The maximum atomic E-state index is 10.4. The molecular formula is C11H18N2O. The first-order chi connectivity index (χ1) is 6.86. The van der Waals surface area contributed by atoms with E-state index in [1.807, 2.05) is 4.68 Å². The van der Waals surface area contributed by atoms with Crippen molar-refractivity contribution in [3.05, 3.63) is 18.0 Å². The van der Waals surface area contributed by atoms with Gasteiger partial charge in [-0.25, -0.2) is 0 Å². The van der Waals surface area contributed by atoms with Crippen molar-refractivity contribution in [3.8, 4) is 0 Å². The third-order valence-electron chi connectivity index (χ3n) is 2.28. The Bertz CT molecular complexity index is 268. The lowest BCUT2D eigenvalue weighted by Gasteiger charge is -2.00. The van der Waals surface area contributed by atoms with Crippen LogP contribution >= 0.6 is 0 Å². The fourth-order valence-corrected chi connectivity index (χ4v) is 1.44. The Morgan fingerprint density at radius 2 is 2.14 bits per heavy atom. The zero-order chi connectivity index (χ0) is 10.2. The quantitative estimate of drug-likeness (QED) is 0.494. The van der Waals surface area contributed by atoms with E-state index in [1.54, 1.807) is 12.4 Å². The molecule has 1 heterocycles. The summed E-state index contributed by atoms with van der Waals surface area (Å²) in [6.45, 7) is 3.14. The molecule has 0 N–H and O–H groups in total. The lowest BCUT2D eigenvalue weighted by molar-refractivity contribution is 0.112. The molecule has 1 aromatic rings. The van der Waals surface area contributed by atoms with Crippen LogP contribution in [0, 0.1) is 0 Å². The van der Waals surface area contributed by atoms with Gasteiger partial charge in [-0.3, -0.25) is 9.48 Å². The summed E-state index contributed by atoms with van der Waals surface area (Å²) in [4.78, 5) is 10.4. The third kappa shape index (κ3) is 3.73. The Morgan fingerprint density at radius 3 is 2.79 bits per heavy atom. The van der Waals surface area contributed by atoms with E-state index in [0.717, 1.165) is 19.3 Å². The standard InChI is InChI=1S/C11H18N2O/c1-2-3-4-5-6-7-13-9-11(10-14)8-12-13/h8-10H,2-7H2,1H3. The fraction of sp³-hybridized carbons (Fsp3) is 0.636. The largest absolute Gasteiger partial charge is 0.298 e. The number of unbranched alkanes of at least 4 members (excludes halogenated alkanes) is 4. The van der Waals surface area contributed by atoms with Crippen molar-refractivity contribution in [2.24, 2.45) is 0 Å². The van der Waals surface area contributed by atoms with Crippen LogP contribution in [0.5, 0.6) is 0 Å². The Labute approximate surface area is 85.1 Å². The summed E-state index contributed by atoms with van der Waals surface area (Å²) in [7, 11) is 0. The first-order valence-electron chi connectivity index (χ1n) is 5.34. The van der Waals surface area contributed by atoms with Crippen LogP contribution in [0.1, 0.15) is 49.4 Å². The summed E-state index contributed by atoms with van der Waals surface area (Å²) in [6, 6.07) is 0. The molecule has 0 bridgehead atoms. The lowest BCUT2D eigenvalue weighted by Crippen LogP contribution is -1.97. The molecule has 1 aromatic heterocycles. The maximum Gasteiger partial charge on any atom is 0.153 e. The molecule has 14 heavy (non-hydrogen) atoms. The number of hydrogen-bond donors (Lipinski definition) is 0. The van der Waals surface area contributed by atoms with Gasteiger partial charge < -0.3 is 0 Å². The van der Waals surface area contributed by atoms with E-state index in [2.05, 4.69) is 12.0 Å². The molecule has 78 valence electrons. The van der Waals surface area contributed by atoms with Crippen molar-refractivity contribution < 1.29 is 4.79 Å². The normalized spacial score (nSPS) is 10.4. The molecule has 3 heteroatoms. The first-order valence-corrected chi connectivity index (χ1v) is 5.34. The second-order valence-electron chi connectivity index (χ2n) is 3.57. The average Bonchev–Trinajstić information content (AvgIpc) is 2.65. The van der Waals surface area contributed by atoms with Crippen LogP contribution in [0.3, 0.4) is 0 Å². The Kier molecular flexibility index (Phi) is 4.97. The molecule has 0 fully saturated rings. The summed E-state index contributed by atoms with van der Waals surface area (Å²) >= 11 is 0. The first kappa shape index (κ1) is 11.0. The molecule has 0 unspecified atom stereocenters. The Morgan fingerprint density at radius 1 is 1.36 bits per heavy atom. The third-order valence-corrected chi connectivity index (χ3v) is 2.28. The Hall–Kier alpha value is -1.12. The molecule has 0 aliphatic carbocycles. The van der Waals surface area contributed by atoms with E-state index in [4.69, 9.17) is 0 Å². The second kappa shape index (κ2) is 6.35. The molecule has 0 radical (unpaired) electrons. The van der Waals surface area contributed by atoms with Gasteiger partial charge >= 0.3 is 0 Å². The van der Waals surface area contributed by atoms with Crippen molar-refractivity contribution in [2.75, 3.05) is 0 Å². The van der Waals surface area contributed by atoms with E-state index in [-0.39, 0.29) is 0 Å². The van der Waals surface area contributed by atoms with Crippen LogP contribution in [0.2, 0.25) is 0 Å². The number of aromatic nitrogens is 2. The van der Waals surface area contributed by atoms with Gasteiger partial charge in [-0.15, -0.1) is 0 Å². The SMILES string of the molecule is CCCCCCCn1cc(C=O)cn1.